The molecule has 6 nitrogen and oxygen atoms in total. The number of carboxylic acid groups (broad SMARTS) is 1. The Labute approximate surface area is 180 Å². The lowest BCUT2D eigenvalue weighted by Gasteiger charge is -2.21. The normalized spacial score (nSPS) is 13.4. The number of Topliss-reactive ketones (excluding diaryl/α,β-unsaturated/α-hetero) is 1. The summed E-state index contributed by atoms with van der Waals surface area (Å²) in [6.07, 6.45) is 9.85. The Kier molecular flexibility index (Phi) is 12.0. The average molecular weight is 419 g/mol. The van der Waals surface area contributed by atoms with Crippen LogP contribution in [-0.4, -0.2) is 36.6 Å². The maximum atomic E-state index is 13.3. The molecule has 1 rings (SSSR count). The molecule has 0 aliphatic heterocycles. The third-order valence-corrected chi connectivity index (χ3v) is 5.49. The second kappa shape index (κ2) is 13.9. The zero-order chi connectivity index (χ0) is 22.5. The summed E-state index contributed by atoms with van der Waals surface area (Å²) in [4.78, 5) is 24.3. The van der Waals surface area contributed by atoms with E-state index in [4.69, 9.17) is 21.3 Å². The van der Waals surface area contributed by atoms with E-state index >= 15 is 0 Å². The zero-order valence-electron chi connectivity index (χ0n) is 18.7. The van der Waals surface area contributed by atoms with Crippen LogP contribution in [0.25, 0.3) is 6.08 Å². The number of rotatable bonds is 15. The number of benzene rings is 1. The number of hydrogen-bond donors (Lipinski definition) is 3. The van der Waals surface area contributed by atoms with Crippen molar-refractivity contribution in [3.05, 3.63) is 34.9 Å². The number of unbranched alkanes of at least 4 members (excludes halogenated alkanes) is 2. The monoisotopic (exact) mass is 418 g/mol. The minimum atomic E-state index is -1.06. The molecule has 0 aliphatic carbocycles. The van der Waals surface area contributed by atoms with Gasteiger partial charge in [-0.15, -0.1) is 0 Å². The van der Waals surface area contributed by atoms with Gasteiger partial charge in [-0.2, -0.15) is 0 Å². The van der Waals surface area contributed by atoms with E-state index in [0.717, 1.165) is 56.6 Å². The molecule has 168 valence electrons. The van der Waals surface area contributed by atoms with Crippen LogP contribution >= 0.6 is 0 Å². The van der Waals surface area contributed by atoms with Gasteiger partial charge < -0.3 is 21.3 Å². The number of aliphatic carboxylic acids is 1. The lowest BCUT2D eigenvalue weighted by Crippen LogP contribution is -2.32. The number of carbonyl (C=O) groups excluding carboxylic acids is 1. The van der Waals surface area contributed by atoms with Gasteiger partial charge in [0, 0.05) is 11.6 Å². The average Bonchev–Trinajstić information content (AvgIpc) is 2.74. The number of ketones is 1. The summed E-state index contributed by atoms with van der Waals surface area (Å²) in [5.41, 5.74) is 13.8. The summed E-state index contributed by atoms with van der Waals surface area (Å²) in [7, 11) is 1.50. The molecule has 1 aromatic rings. The van der Waals surface area contributed by atoms with Gasteiger partial charge in [-0.3, -0.25) is 4.79 Å². The van der Waals surface area contributed by atoms with Crippen LogP contribution < -0.4 is 16.2 Å². The number of ether oxygens (including phenoxy) is 1. The van der Waals surface area contributed by atoms with E-state index in [1.807, 2.05) is 12.1 Å². The highest BCUT2D eigenvalue weighted by Gasteiger charge is 2.25. The van der Waals surface area contributed by atoms with Gasteiger partial charge in [0.2, 0.25) is 0 Å². The summed E-state index contributed by atoms with van der Waals surface area (Å²) < 4.78 is 5.60. The highest BCUT2D eigenvalue weighted by Crippen LogP contribution is 2.32. The van der Waals surface area contributed by atoms with Crippen molar-refractivity contribution in [1.29, 1.82) is 0 Å². The predicted octanol–water partition coefficient (Wildman–Crippen LogP) is 4.19. The Morgan fingerprint density at radius 3 is 2.47 bits per heavy atom. The maximum absolute atomic E-state index is 13.3. The lowest BCUT2D eigenvalue weighted by molar-refractivity contribution is -0.131. The van der Waals surface area contributed by atoms with E-state index in [1.54, 1.807) is 0 Å². The Hall–Kier alpha value is -2.18. The second-order valence-corrected chi connectivity index (χ2v) is 7.77. The molecule has 2 unspecified atom stereocenters. The molecule has 0 saturated carbocycles. The fourth-order valence-electron chi connectivity index (χ4n) is 3.67. The summed E-state index contributed by atoms with van der Waals surface area (Å²) in [6.45, 7) is 4.91. The van der Waals surface area contributed by atoms with E-state index in [0.29, 0.717) is 35.8 Å². The Balaban J connectivity index is 3.37. The molecule has 1 aromatic carbocycles. The second-order valence-electron chi connectivity index (χ2n) is 7.77. The van der Waals surface area contributed by atoms with Crippen molar-refractivity contribution in [2.24, 2.45) is 17.4 Å². The van der Waals surface area contributed by atoms with Crippen molar-refractivity contribution in [3.63, 3.8) is 0 Å². The van der Waals surface area contributed by atoms with Crippen LogP contribution in [0.3, 0.4) is 0 Å². The van der Waals surface area contributed by atoms with Gasteiger partial charge in [0.05, 0.1) is 18.7 Å². The first-order valence-electron chi connectivity index (χ1n) is 11.0. The first-order valence-corrected chi connectivity index (χ1v) is 11.0. The first-order chi connectivity index (χ1) is 14.4. The van der Waals surface area contributed by atoms with Crippen molar-refractivity contribution >= 4 is 17.8 Å². The largest absolute Gasteiger partial charge is 0.495 e. The molecule has 6 heteroatoms. The van der Waals surface area contributed by atoms with Crippen molar-refractivity contribution in [3.8, 4) is 5.75 Å². The summed E-state index contributed by atoms with van der Waals surface area (Å²) >= 11 is 0. The van der Waals surface area contributed by atoms with Gasteiger partial charge in [-0.05, 0) is 43.4 Å². The summed E-state index contributed by atoms with van der Waals surface area (Å²) in [5.74, 6) is -0.349. The van der Waals surface area contributed by atoms with Crippen LogP contribution in [0.15, 0.2) is 18.2 Å². The SMILES string of the molecule is CCCCC(CC)Cc1ccc(C=CC(=O)O)c(OC)c1C(=O)C(N)CCCCN. The zero-order valence-corrected chi connectivity index (χ0v) is 18.7. The quantitative estimate of drug-likeness (QED) is 0.223. The summed E-state index contributed by atoms with van der Waals surface area (Å²) in [5, 5.41) is 8.99. The minimum absolute atomic E-state index is 0.158. The van der Waals surface area contributed by atoms with Crippen LogP contribution in [0.2, 0.25) is 0 Å². The van der Waals surface area contributed by atoms with Crippen molar-refractivity contribution in [2.75, 3.05) is 13.7 Å². The van der Waals surface area contributed by atoms with Crippen LogP contribution in [0.5, 0.6) is 5.75 Å². The highest BCUT2D eigenvalue weighted by atomic mass is 16.5. The molecule has 0 saturated heterocycles. The van der Waals surface area contributed by atoms with Gasteiger partial charge in [0.1, 0.15) is 5.75 Å². The number of carbonyl (C=O) groups is 2. The molecule has 2 atom stereocenters. The molecule has 0 heterocycles. The topological polar surface area (TPSA) is 116 Å². The molecular weight excluding hydrogens is 380 g/mol. The standard InChI is InChI=1S/C24H38N2O4/c1-4-6-9-17(5-2)16-19-12-11-18(13-14-21(27)28)24(30-3)22(19)23(29)20(26)10-7-8-15-25/h11-14,17,20H,4-10,15-16,25-26H2,1-3H3,(H,27,28). The van der Waals surface area contributed by atoms with E-state index in [2.05, 4.69) is 13.8 Å². The van der Waals surface area contributed by atoms with Gasteiger partial charge >= 0.3 is 5.97 Å². The number of hydrogen-bond acceptors (Lipinski definition) is 5. The minimum Gasteiger partial charge on any atom is -0.495 e. The van der Waals surface area contributed by atoms with Crippen molar-refractivity contribution in [2.45, 2.75) is 71.3 Å². The van der Waals surface area contributed by atoms with E-state index in [-0.39, 0.29) is 5.78 Å². The lowest BCUT2D eigenvalue weighted by atomic mass is 9.86. The highest BCUT2D eigenvalue weighted by molar-refractivity contribution is 6.04. The van der Waals surface area contributed by atoms with Crippen LogP contribution in [0.1, 0.15) is 80.3 Å². The molecule has 0 radical (unpaired) electrons. The van der Waals surface area contributed by atoms with E-state index in [1.165, 1.54) is 13.2 Å². The Bertz CT molecular complexity index is 715. The first kappa shape index (κ1) is 25.9. The Morgan fingerprint density at radius 2 is 1.90 bits per heavy atom. The third kappa shape index (κ3) is 7.92. The fraction of sp³-hybridized carbons (Fsp3) is 0.583. The van der Waals surface area contributed by atoms with Gasteiger partial charge in [0.25, 0.3) is 0 Å². The fourth-order valence-corrected chi connectivity index (χ4v) is 3.67. The number of methoxy groups -OCH3 is 1. The maximum Gasteiger partial charge on any atom is 0.328 e. The Morgan fingerprint density at radius 1 is 1.17 bits per heavy atom. The smallest absolute Gasteiger partial charge is 0.328 e. The van der Waals surface area contributed by atoms with Crippen molar-refractivity contribution in [1.82, 2.24) is 0 Å². The molecule has 0 spiro atoms. The van der Waals surface area contributed by atoms with Crippen molar-refractivity contribution < 1.29 is 19.4 Å². The number of nitrogens with two attached hydrogens (primary N) is 2. The molecule has 5 N–H and O–H groups in total. The predicted molar refractivity (Wildman–Crippen MR) is 122 cm³/mol. The molecule has 0 amide bonds. The van der Waals surface area contributed by atoms with Crippen LogP contribution in [0.4, 0.5) is 0 Å². The summed E-state index contributed by atoms with van der Waals surface area (Å²) in [6, 6.07) is 3.09. The molecular formula is C24H38N2O4. The number of carboxylic acids is 1. The molecule has 0 aromatic heterocycles. The van der Waals surface area contributed by atoms with Gasteiger partial charge in [-0.25, -0.2) is 4.79 Å². The van der Waals surface area contributed by atoms with E-state index < -0.39 is 12.0 Å². The van der Waals surface area contributed by atoms with Crippen LogP contribution in [-0.2, 0) is 11.2 Å². The molecule has 0 aliphatic rings. The van der Waals surface area contributed by atoms with Gasteiger partial charge in [0.15, 0.2) is 5.78 Å². The van der Waals surface area contributed by atoms with Gasteiger partial charge in [-0.1, -0.05) is 58.1 Å². The van der Waals surface area contributed by atoms with Crippen LogP contribution in [0, 0.1) is 5.92 Å². The molecule has 30 heavy (non-hydrogen) atoms. The third-order valence-electron chi connectivity index (χ3n) is 5.49. The molecule has 0 bridgehead atoms. The van der Waals surface area contributed by atoms with E-state index in [9.17, 15) is 9.59 Å². The molecule has 0 fully saturated rings.